The average Bonchev–Trinajstić information content (AvgIpc) is 3.25. The molecule has 0 bridgehead atoms. The third-order valence-corrected chi connectivity index (χ3v) is 5.28. The predicted molar refractivity (Wildman–Crippen MR) is 119 cm³/mol. The van der Waals surface area contributed by atoms with Crippen LogP contribution < -0.4 is 15.4 Å². The fraction of sp³-hybridized carbons (Fsp3) is 0.545. The highest BCUT2D eigenvalue weighted by atomic mass is 16.5. The molecule has 1 aromatic heterocycles. The van der Waals surface area contributed by atoms with Crippen LogP contribution in [-0.2, 0) is 11.3 Å². The van der Waals surface area contributed by atoms with Gasteiger partial charge in [-0.05, 0) is 51.1 Å². The lowest BCUT2D eigenvalue weighted by Crippen LogP contribution is -2.56. The Bertz CT molecular complexity index is 809. The Balaban J connectivity index is 1.59. The molecule has 0 saturated carbocycles. The number of nitrogens with one attached hydrogen (secondary N) is 2. The molecule has 0 aliphatic carbocycles. The molecule has 0 atom stereocenters. The highest BCUT2D eigenvalue weighted by molar-refractivity contribution is 5.79. The molecule has 164 valence electrons. The minimum atomic E-state index is 0.0237. The molecule has 3 rings (SSSR count). The molecule has 0 radical (unpaired) electrons. The number of nitrogens with zero attached hydrogens (tertiary/aromatic N) is 4. The van der Waals surface area contributed by atoms with E-state index < -0.39 is 0 Å². The normalized spacial score (nSPS) is 15.8. The number of rotatable bonds is 8. The van der Waals surface area contributed by atoms with Gasteiger partial charge >= 0.3 is 0 Å². The molecule has 1 fully saturated rings. The number of methoxy groups -OCH3 is 1. The Morgan fingerprint density at radius 3 is 2.57 bits per heavy atom. The second-order valence-corrected chi connectivity index (χ2v) is 7.91. The van der Waals surface area contributed by atoms with Gasteiger partial charge in [0.1, 0.15) is 5.75 Å². The summed E-state index contributed by atoms with van der Waals surface area (Å²) in [7, 11) is 1.66. The zero-order chi connectivity index (χ0) is 21.4. The summed E-state index contributed by atoms with van der Waals surface area (Å²) < 4.78 is 12.5. The fourth-order valence-corrected chi connectivity index (χ4v) is 3.41. The van der Waals surface area contributed by atoms with E-state index in [1.54, 1.807) is 7.11 Å². The van der Waals surface area contributed by atoms with Gasteiger partial charge in [-0.15, -0.1) is 0 Å². The first kappa shape index (κ1) is 22.1. The molecule has 1 aromatic carbocycles. The Kier molecular flexibility index (Phi) is 7.70. The number of ether oxygens (including phenoxy) is 2. The monoisotopic (exact) mass is 414 g/mol. The molecule has 0 spiro atoms. The van der Waals surface area contributed by atoms with Crippen LogP contribution in [0.25, 0.3) is 5.69 Å². The fourth-order valence-electron chi connectivity index (χ4n) is 3.41. The van der Waals surface area contributed by atoms with Crippen LogP contribution in [0.1, 0.15) is 26.5 Å². The molecule has 2 aromatic rings. The number of guanidine groups is 1. The van der Waals surface area contributed by atoms with E-state index in [1.807, 2.05) is 41.2 Å². The van der Waals surface area contributed by atoms with Gasteiger partial charge in [-0.2, -0.15) is 5.10 Å². The van der Waals surface area contributed by atoms with Gasteiger partial charge in [0.25, 0.3) is 0 Å². The Morgan fingerprint density at radius 2 is 1.90 bits per heavy atom. The summed E-state index contributed by atoms with van der Waals surface area (Å²) in [6.07, 6.45) is 1.95. The van der Waals surface area contributed by atoms with Crippen molar-refractivity contribution >= 4 is 5.96 Å². The van der Waals surface area contributed by atoms with Crippen molar-refractivity contribution in [3.8, 4) is 11.4 Å². The van der Waals surface area contributed by atoms with Gasteiger partial charge in [-0.25, -0.2) is 9.67 Å². The van der Waals surface area contributed by atoms with E-state index in [-0.39, 0.29) is 5.54 Å². The molecule has 0 amide bonds. The number of benzene rings is 1. The van der Waals surface area contributed by atoms with Gasteiger partial charge < -0.3 is 20.1 Å². The van der Waals surface area contributed by atoms with Crippen LogP contribution in [0.3, 0.4) is 0 Å². The topological polar surface area (TPSA) is 75.9 Å². The maximum Gasteiger partial charge on any atom is 0.191 e. The van der Waals surface area contributed by atoms with Crippen LogP contribution in [0.15, 0.2) is 41.5 Å². The van der Waals surface area contributed by atoms with Gasteiger partial charge in [0.05, 0.1) is 38.2 Å². The molecule has 1 aliphatic heterocycles. The van der Waals surface area contributed by atoms with Gasteiger partial charge in [-0.1, -0.05) is 0 Å². The summed E-state index contributed by atoms with van der Waals surface area (Å²) in [4.78, 5) is 7.18. The molecular weight excluding hydrogens is 380 g/mol. The van der Waals surface area contributed by atoms with E-state index in [1.165, 1.54) is 0 Å². The standard InChI is InChI=1S/C22H34N6O2/c1-5-23-21(25-17-22(2,3)27-12-14-30-15-13-27)24-16-18-10-11-28(26-18)19-6-8-20(29-4)9-7-19/h6-11H,5,12-17H2,1-4H3,(H2,23,24,25). The summed E-state index contributed by atoms with van der Waals surface area (Å²) in [6.45, 7) is 12.2. The second-order valence-electron chi connectivity index (χ2n) is 7.91. The third-order valence-electron chi connectivity index (χ3n) is 5.28. The molecule has 2 heterocycles. The quantitative estimate of drug-likeness (QED) is 0.509. The van der Waals surface area contributed by atoms with Crippen molar-refractivity contribution in [2.45, 2.75) is 32.9 Å². The SMILES string of the molecule is CCNC(=NCc1ccn(-c2ccc(OC)cc2)n1)NCC(C)(C)N1CCOCC1. The van der Waals surface area contributed by atoms with Crippen LogP contribution in [0.5, 0.6) is 5.75 Å². The number of aliphatic imine (C=N–C) groups is 1. The maximum absolute atomic E-state index is 5.48. The zero-order valence-corrected chi connectivity index (χ0v) is 18.5. The van der Waals surface area contributed by atoms with Crippen molar-refractivity contribution in [3.63, 3.8) is 0 Å². The van der Waals surface area contributed by atoms with Crippen LogP contribution in [0, 0.1) is 0 Å². The Labute approximate surface area is 179 Å². The summed E-state index contributed by atoms with van der Waals surface area (Å²) in [5.74, 6) is 1.63. The largest absolute Gasteiger partial charge is 0.497 e. The van der Waals surface area contributed by atoms with Crippen LogP contribution in [0.2, 0.25) is 0 Å². The first-order valence-corrected chi connectivity index (χ1v) is 10.6. The minimum absolute atomic E-state index is 0.0237. The first-order valence-electron chi connectivity index (χ1n) is 10.6. The van der Waals surface area contributed by atoms with Gasteiger partial charge in [0.15, 0.2) is 5.96 Å². The molecule has 8 nitrogen and oxygen atoms in total. The van der Waals surface area contributed by atoms with E-state index >= 15 is 0 Å². The van der Waals surface area contributed by atoms with Gasteiger partial charge in [0.2, 0.25) is 0 Å². The average molecular weight is 415 g/mol. The lowest BCUT2D eigenvalue weighted by molar-refractivity contribution is -0.00834. The number of hydrogen-bond donors (Lipinski definition) is 2. The molecule has 30 heavy (non-hydrogen) atoms. The highest BCUT2D eigenvalue weighted by Crippen LogP contribution is 2.16. The number of morpholine rings is 1. The first-order chi connectivity index (χ1) is 14.5. The summed E-state index contributed by atoms with van der Waals surface area (Å²) >= 11 is 0. The molecule has 8 heteroatoms. The van der Waals surface area contributed by atoms with Crippen molar-refractivity contribution in [2.24, 2.45) is 4.99 Å². The predicted octanol–water partition coefficient (Wildman–Crippen LogP) is 2.05. The highest BCUT2D eigenvalue weighted by Gasteiger charge is 2.28. The summed E-state index contributed by atoms with van der Waals surface area (Å²) in [5, 5.41) is 11.5. The van der Waals surface area contributed by atoms with E-state index in [4.69, 9.17) is 14.5 Å². The van der Waals surface area contributed by atoms with E-state index in [0.717, 1.165) is 62.5 Å². The molecule has 1 saturated heterocycles. The smallest absolute Gasteiger partial charge is 0.191 e. The summed E-state index contributed by atoms with van der Waals surface area (Å²) in [6, 6.07) is 9.82. The van der Waals surface area contributed by atoms with Crippen LogP contribution in [0.4, 0.5) is 0 Å². The van der Waals surface area contributed by atoms with Crippen LogP contribution >= 0.6 is 0 Å². The van der Waals surface area contributed by atoms with Crippen molar-refractivity contribution < 1.29 is 9.47 Å². The molecular formula is C22H34N6O2. The second kappa shape index (κ2) is 10.4. The molecule has 2 N–H and O–H groups in total. The lowest BCUT2D eigenvalue weighted by atomic mass is 10.0. The summed E-state index contributed by atoms with van der Waals surface area (Å²) in [5.41, 5.74) is 1.93. The van der Waals surface area contributed by atoms with E-state index in [9.17, 15) is 0 Å². The van der Waals surface area contributed by atoms with Crippen molar-refractivity contribution in [3.05, 3.63) is 42.2 Å². The number of hydrogen-bond acceptors (Lipinski definition) is 5. The van der Waals surface area contributed by atoms with Crippen molar-refractivity contribution in [1.29, 1.82) is 0 Å². The minimum Gasteiger partial charge on any atom is -0.497 e. The van der Waals surface area contributed by atoms with E-state index in [0.29, 0.717) is 6.54 Å². The maximum atomic E-state index is 5.48. The van der Waals surface area contributed by atoms with Crippen molar-refractivity contribution in [2.75, 3.05) is 46.5 Å². The lowest BCUT2D eigenvalue weighted by Gasteiger charge is -2.41. The molecule has 1 aliphatic rings. The van der Waals surface area contributed by atoms with Gasteiger partial charge in [0, 0.05) is 37.9 Å². The van der Waals surface area contributed by atoms with Crippen LogP contribution in [-0.4, -0.2) is 72.7 Å². The van der Waals surface area contributed by atoms with Gasteiger partial charge in [-0.3, -0.25) is 4.90 Å². The van der Waals surface area contributed by atoms with E-state index in [2.05, 4.69) is 41.4 Å². The molecule has 0 unspecified atom stereocenters. The zero-order valence-electron chi connectivity index (χ0n) is 18.5. The number of aromatic nitrogens is 2. The van der Waals surface area contributed by atoms with Crippen molar-refractivity contribution in [1.82, 2.24) is 25.3 Å². The Hall–Kier alpha value is -2.58. The Morgan fingerprint density at radius 1 is 1.17 bits per heavy atom. The third kappa shape index (κ3) is 5.96.